The van der Waals surface area contributed by atoms with Gasteiger partial charge in [-0.15, -0.1) is 0 Å². The van der Waals surface area contributed by atoms with Crippen molar-refractivity contribution in [2.24, 2.45) is 0 Å². The topological polar surface area (TPSA) is 106 Å². The van der Waals surface area contributed by atoms with Crippen molar-refractivity contribution in [2.75, 3.05) is 6.54 Å². The molecule has 0 aliphatic heterocycles. The first-order valence-corrected chi connectivity index (χ1v) is 10.5. The van der Waals surface area contributed by atoms with Crippen LogP contribution in [0, 0.1) is 0 Å². The Balaban J connectivity index is 1.68. The maximum atomic E-state index is 12.7. The van der Waals surface area contributed by atoms with Crippen LogP contribution < -0.4 is 10.1 Å². The molecule has 0 fully saturated rings. The van der Waals surface area contributed by atoms with Gasteiger partial charge in [-0.05, 0) is 36.2 Å². The van der Waals surface area contributed by atoms with Crippen molar-refractivity contribution in [3.63, 3.8) is 0 Å². The Labute approximate surface area is 193 Å². The van der Waals surface area contributed by atoms with E-state index in [1.54, 1.807) is 24.3 Å². The van der Waals surface area contributed by atoms with Gasteiger partial charge in [-0.2, -0.15) is 18.3 Å². The van der Waals surface area contributed by atoms with Gasteiger partial charge in [0.05, 0.1) is 24.4 Å². The summed E-state index contributed by atoms with van der Waals surface area (Å²) in [5, 5.41) is 15.3. The van der Waals surface area contributed by atoms with Crippen molar-refractivity contribution in [2.45, 2.75) is 38.5 Å². The summed E-state index contributed by atoms with van der Waals surface area (Å²) < 4.78 is 45.6. The van der Waals surface area contributed by atoms with E-state index in [1.807, 2.05) is 6.92 Å². The number of rotatable bonds is 10. The van der Waals surface area contributed by atoms with Crippen LogP contribution in [0.3, 0.4) is 0 Å². The fourth-order valence-corrected chi connectivity index (χ4v) is 3.14. The lowest BCUT2D eigenvalue weighted by atomic mass is 10.0. The molecule has 0 saturated heterocycles. The van der Waals surface area contributed by atoms with Crippen molar-refractivity contribution in [1.29, 1.82) is 0 Å². The lowest BCUT2D eigenvalue weighted by Crippen LogP contribution is -2.26. The summed E-state index contributed by atoms with van der Waals surface area (Å²) in [6.07, 6.45) is 0.251. The Morgan fingerprint density at radius 3 is 2.47 bits per heavy atom. The van der Waals surface area contributed by atoms with E-state index in [0.717, 1.165) is 24.2 Å². The summed E-state index contributed by atoms with van der Waals surface area (Å²) in [6.45, 7) is 2.03. The minimum absolute atomic E-state index is 0.0370. The van der Waals surface area contributed by atoms with E-state index in [0.29, 0.717) is 17.7 Å². The van der Waals surface area contributed by atoms with Crippen LogP contribution in [0.2, 0.25) is 0 Å². The zero-order valence-corrected chi connectivity index (χ0v) is 18.2. The Bertz CT molecular complexity index is 1110. The van der Waals surface area contributed by atoms with Crippen LogP contribution in [-0.4, -0.2) is 38.3 Å². The van der Waals surface area contributed by atoms with E-state index in [-0.39, 0.29) is 30.8 Å². The second-order valence-corrected chi connectivity index (χ2v) is 7.44. The Kier molecular flexibility index (Phi) is 7.87. The van der Waals surface area contributed by atoms with Crippen LogP contribution in [0.1, 0.15) is 53.8 Å². The normalized spacial score (nSPS) is 12.2. The number of carbonyl (C=O) groups excluding carboxylic acids is 1. The van der Waals surface area contributed by atoms with Gasteiger partial charge in [-0.25, -0.2) is 9.67 Å². The fraction of sp³-hybridized carbons (Fsp3) is 0.304. The summed E-state index contributed by atoms with van der Waals surface area (Å²) in [7, 11) is 0. The second-order valence-electron chi connectivity index (χ2n) is 7.44. The molecule has 34 heavy (non-hydrogen) atoms. The number of ether oxygens (including phenoxy) is 1. The third-order valence-corrected chi connectivity index (χ3v) is 4.87. The maximum absolute atomic E-state index is 12.7. The molecule has 0 saturated carbocycles. The summed E-state index contributed by atoms with van der Waals surface area (Å²) in [5.41, 5.74) is 0.372. The molecule has 1 aromatic carbocycles. The SMILES string of the molecule is CCCC(Oc1cnn(-c2ccc(C(F)(F)F)cn2)c1)c1ccc(C(=O)NCCC(=O)O)cc1. The molecule has 3 rings (SSSR count). The average Bonchev–Trinajstić information content (AvgIpc) is 3.27. The van der Waals surface area contributed by atoms with E-state index in [1.165, 1.54) is 23.1 Å². The quantitative estimate of drug-likeness (QED) is 0.449. The molecule has 1 amide bonds. The number of nitrogens with one attached hydrogen (secondary N) is 1. The third-order valence-electron chi connectivity index (χ3n) is 4.87. The van der Waals surface area contributed by atoms with Crippen LogP contribution in [-0.2, 0) is 11.0 Å². The number of aliphatic carboxylic acids is 1. The van der Waals surface area contributed by atoms with E-state index in [2.05, 4.69) is 15.4 Å². The number of carboxylic acid groups (broad SMARTS) is 1. The monoisotopic (exact) mass is 476 g/mol. The first-order chi connectivity index (χ1) is 16.2. The lowest BCUT2D eigenvalue weighted by molar-refractivity contribution is -0.138. The number of carbonyl (C=O) groups is 2. The van der Waals surface area contributed by atoms with E-state index >= 15 is 0 Å². The van der Waals surface area contributed by atoms with Gasteiger partial charge >= 0.3 is 12.1 Å². The molecule has 8 nitrogen and oxygen atoms in total. The highest BCUT2D eigenvalue weighted by atomic mass is 19.4. The molecule has 180 valence electrons. The molecule has 11 heteroatoms. The summed E-state index contributed by atoms with van der Waals surface area (Å²) in [5.74, 6) is -0.734. The van der Waals surface area contributed by atoms with Crippen LogP contribution >= 0.6 is 0 Å². The van der Waals surface area contributed by atoms with Gasteiger partial charge in [0, 0.05) is 18.3 Å². The predicted octanol–water partition coefficient (Wildman–Crippen LogP) is 4.41. The molecule has 1 unspecified atom stereocenters. The van der Waals surface area contributed by atoms with Crippen LogP contribution in [0.4, 0.5) is 13.2 Å². The van der Waals surface area contributed by atoms with Gasteiger partial charge < -0.3 is 15.2 Å². The van der Waals surface area contributed by atoms with Gasteiger partial charge in [0.25, 0.3) is 5.91 Å². The zero-order valence-electron chi connectivity index (χ0n) is 18.2. The zero-order chi connectivity index (χ0) is 24.7. The van der Waals surface area contributed by atoms with Crippen molar-refractivity contribution in [3.8, 4) is 11.6 Å². The molecule has 2 heterocycles. The number of alkyl halides is 3. The molecule has 0 bridgehead atoms. The number of benzene rings is 1. The maximum Gasteiger partial charge on any atom is 0.417 e. The molecule has 0 aliphatic rings. The molecular formula is C23H23F3N4O4. The number of pyridine rings is 1. The molecule has 0 aliphatic carbocycles. The van der Waals surface area contributed by atoms with E-state index < -0.39 is 17.7 Å². The minimum atomic E-state index is -4.47. The predicted molar refractivity (Wildman–Crippen MR) is 116 cm³/mol. The van der Waals surface area contributed by atoms with Crippen LogP contribution in [0.25, 0.3) is 5.82 Å². The molecule has 0 spiro atoms. The number of halogens is 3. The highest BCUT2D eigenvalue weighted by Crippen LogP contribution is 2.29. The second kappa shape index (κ2) is 10.8. The lowest BCUT2D eigenvalue weighted by Gasteiger charge is -2.18. The highest BCUT2D eigenvalue weighted by molar-refractivity contribution is 5.94. The van der Waals surface area contributed by atoms with Crippen molar-refractivity contribution >= 4 is 11.9 Å². The molecule has 3 aromatic rings. The number of amides is 1. The standard InChI is InChI=1S/C23H23F3N4O4/c1-2-3-19(15-4-6-16(7-5-15)22(33)27-11-10-21(31)32)34-18-13-29-30(14-18)20-9-8-17(12-28-20)23(24,25)26/h4-9,12-14,19H,2-3,10-11H2,1H3,(H,27,33)(H,31,32). The Hall–Kier alpha value is -3.89. The summed E-state index contributed by atoms with van der Waals surface area (Å²) >= 11 is 0. The number of aromatic nitrogens is 3. The van der Waals surface area contributed by atoms with Gasteiger partial charge in [0.15, 0.2) is 11.6 Å². The van der Waals surface area contributed by atoms with Crippen molar-refractivity contribution in [1.82, 2.24) is 20.1 Å². The smallest absolute Gasteiger partial charge is 0.417 e. The third kappa shape index (κ3) is 6.56. The minimum Gasteiger partial charge on any atom is -0.482 e. The van der Waals surface area contributed by atoms with E-state index in [9.17, 15) is 22.8 Å². The fourth-order valence-electron chi connectivity index (χ4n) is 3.14. The molecule has 0 radical (unpaired) electrons. The van der Waals surface area contributed by atoms with E-state index in [4.69, 9.17) is 9.84 Å². The largest absolute Gasteiger partial charge is 0.482 e. The van der Waals surface area contributed by atoms with Crippen molar-refractivity contribution in [3.05, 3.63) is 71.7 Å². The van der Waals surface area contributed by atoms with Gasteiger partial charge in [-0.3, -0.25) is 9.59 Å². The van der Waals surface area contributed by atoms with Gasteiger partial charge in [0.2, 0.25) is 0 Å². The Morgan fingerprint density at radius 2 is 1.88 bits per heavy atom. The number of carboxylic acids is 1. The highest BCUT2D eigenvalue weighted by Gasteiger charge is 2.30. The summed E-state index contributed by atoms with van der Waals surface area (Å²) in [6, 6.07) is 8.94. The van der Waals surface area contributed by atoms with Gasteiger partial charge in [0.1, 0.15) is 6.10 Å². The van der Waals surface area contributed by atoms with Crippen LogP contribution in [0.5, 0.6) is 5.75 Å². The Morgan fingerprint density at radius 1 is 1.15 bits per heavy atom. The molecule has 2 aromatic heterocycles. The number of hydrogen-bond donors (Lipinski definition) is 2. The molecular weight excluding hydrogens is 453 g/mol. The average molecular weight is 476 g/mol. The van der Waals surface area contributed by atoms with Gasteiger partial charge in [-0.1, -0.05) is 25.5 Å². The molecule has 1 atom stereocenters. The number of hydrogen-bond acceptors (Lipinski definition) is 5. The first kappa shape index (κ1) is 24.7. The summed E-state index contributed by atoms with van der Waals surface area (Å²) in [4.78, 5) is 26.5. The van der Waals surface area contributed by atoms with Crippen LogP contribution in [0.15, 0.2) is 55.0 Å². The number of nitrogens with zero attached hydrogens (tertiary/aromatic N) is 3. The molecule has 2 N–H and O–H groups in total. The first-order valence-electron chi connectivity index (χ1n) is 10.5. The van der Waals surface area contributed by atoms with Crippen molar-refractivity contribution < 1.29 is 32.6 Å².